The van der Waals surface area contributed by atoms with Gasteiger partial charge in [-0.2, -0.15) is 0 Å². The average molecular weight is 439 g/mol. The number of aryl methyl sites for hydroxylation is 1. The molecular formula is C24H26N2O4S. The molecule has 0 aromatic heterocycles. The molecule has 162 valence electrons. The zero-order chi connectivity index (χ0) is 22.6. The normalized spacial score (nSPS) is 11.1. The Morgan fingerprint density at radius 1 is 1.00 bits per heavy atom. The van der Waals surface area contributed by atoms with Crippen molar-refractivity contribution in [2.75, 3.05) is 23.3 Å². The largest absolute Gasteiger partial charge is 0.495 e. The predicted molar refractivity (Wildman–Crippen MR) is 124 cm³/mol. The molecule has 0 aliphatic rings. The highest BCUT2D eigenvalue weighted by Gasteiger charge is 2.25. The van der Waals surface area contributed by atoms with E-state index in [2.05, 4.69) is 5.32 Å². The SMILES string of the molecule is CCN(c1ccccc1)S(=O)(=O)c1ccc(OC)c(NC(=O)c2cccc(C)c2C)c1. The van der Waals surface area contributed by atoms with E-state index in [1.165, 1.54) is 23.5 Å². The summed E-state index contributed by atoms with van der Waals surface area (Å²) < 4.78 is 33.4. The van der Waals surface area contributed by atoms with Crippen LogP contribution in [0.25, 0.3) is 0 Å². The minimum absolute atomic E-state index is 0.0651. The van der Waals surface area contributed by atoms with Crippen LogP contribution in [0.2, 0.25) is 0 Å². The van der Waals surface area contributed by atoms with Crippen LogP contribution in [0.5, 0.6) is 5.75 Å². The summed E-state index contributed by atoms with van der Waals surface area (Å²) in [5.74, 6) is 0.0461. The summed E-state index contributed by atoms with van der Waals surface area (Å²) in [7, 11) is -2.37. The summed E-state index contributed by atoms with van der Waals surface area (Å²) in [4.78, 5) is 13.0. The van der Waals surface area contributed by atoms with Crippen LogP contribution >= 0.6 is 0 Å². The van der Waals surface area contributed by atoms with Crippen LogP contribution in [-0.4, -0.2) is 28.0 Å². The third kappa shape index (κ3) is 4.56. The Kier molecular flexibility index (Phi) is 6.65. The molecule has 0 saturated heterocycles. The van der Waals surface area contributed by atoms with Crippen LogP contribution in [0.3, 0.4) is 0 Å². The molecule has 0 bridgehead atoms. The number of amides is 1. The van der Waals surface area contributed by atoms with Crippen molar-refractivity contribution in [2.24, 2.45) is 0 Å². The van der Waals surface area contributed by atoms with Crippen molar-refractivity contribution in [3.63, 3.8) is 0 Å². The van der Waals surface area contributed by atoms with Gasteiger partial charge in [0.25, 0.3) is 15.9 Å². The number of hydrogen-bond acceptors (Lipinski definition) is 4. The van der Waals surface area contributed by atoms with Gasteiger partial charge in [0, 0.05) is 12.1 Å². The molecule has 0 fully saturated rings. The Labute approximate surface area is 183 Å². The minimum Gasteiger partial charge on any atom is -0.495 e. The molecule has 0 radical (unpaired) electrons. The van der Waals surface area contributed by atoms with Crippen molar-refractivity contribution in [3.8, 4) is 5.75 Å². The lowest BCUT2D eigenvalue weighted by molar-refractivity contribution is 0.102. The van der Waals surface area contributed by atoms with E-state index in [1.807, 2.05) is 32.0 Å². The zero-order valence-corrected chi connectivity index (χ0v) is 18.9. The molecule has 0 atom stereocenters. The third-order valence-electron chi connectivity index (χ3n) is 5.19. The van der Waals surface area contributed by atoms with Gasteiger partial charge in [-0.1, -0.05) is 30.3 Å². The van der Waals surface area contributed by atoms with Gasteiger partial charge in [0.1, 0.15) is 5.75 Å². The molecule has 0 saturated carbocycles. The smallest absolute Gasteiger partial charge is 0.264 e. The van der Waals surface area contributed by atoms with E-state index in [9.17, 15) is 13.2 Å². The number of para-hydroxylation sites is 1. The third-order valence-corrected chi connectivity index (χ3v) is 7.09. The number of nitrogens with one attached hydrogen (secondary N) is 1. The number of methoxy groups -OCH3 is 1. The maximum absolute atomic E-state index is 13.3. The van der Waals surface area contributed by atoms with Gasteiger partial charge in [0.05, 0.1) is 23.4 Å². The van der Waals surface area contributed by atoms with Gasteiger partial charge in [0.2, 0.25) is 0 Å². The fourth-order valence-electron chi connectivity index (χ4n) is 3.34. The quantitative estimate of drug-likeness (QED) is 0.576. The molecular weight excluding hydrogens is 412 g/mol. The molecule has 31 heavy (non-hydrogen) atoms. The summed E-state index contributed by atoms with van der Waals surface area (Å²) in [6.07, 6.45) is 0. The van der Waals surface area contributed by atoms with E-state index in [0.717, 1.165) is 11.1 Å². The van der Waals surface area contributed by atoms with E-state index in [4.69, 9.17) is 4.74 Å². The number of nitrogens with zero attached hydrogens (tertiary/aromatic N) is 1. The lowest BCUT2D eigenvalue weighted by Crippen LogP contribution is -2.30. The standard InChI is InChI=1S/C24H26N2O4S/c1-5-26(19-11-7-6-8-12-19)31(28,29)20-14-15-23(30-4)22(16-20)25-24(27)21-13-9-10-17(2)18(21)3/h6-16H,5H2,1-4H3,(H,25,27). The van der Waals surface area contributed by atoms with Crippen LogP contribution in [0.4, 0.5) is 11.4 Å². The first-order valence-electron chi connectivity index (χ1n) is 9.93. The van der Waals surface area contributed by atoms with Crippen molar-refractivity contribution >= 4 is 27.3 Å². The van der Waals surface area contributed by atoms with E-state index in [1.54, 1.807) is 43.3 Å². The van der Waals surface area contributed by atoms with Crippen molar-refractivity contribution < 1.29 is 17.9 Å². The zero-order valence-electron chi connectivity index (χ0n) is 18.0. The summed E-state index contributed by atoms with van der Waals surface area (Å²) >= 11 is 0. The van der Waals surface area contributed by atoms with Crippen LogP contribution in [0, 0.1) is 13.8 Å². The van der Waals surface area contributed by atoms with Crippen molar-refractivity contribution in [2.45, 2.75) is 25.7 Å². The second-order valence-corrected chi connectivity index (χ2v) is 8.93. The highest BCUT2D eigenvalue weighted by molar-refractivity contribution is 7.92. The second-order valence-electron chi connectivity index (χ2n) is 7.07. The number of hydrogen-bond donors (Lipinski definition) is 1. The van der Waals surface area contributed by atoms with Gasteiger partial charge in [-0.15, -0.1) is 0 Å². The van der Waals surface area contributed by atoms with Gasteiger partial charge in [-0.05, 0) is 68.3 Å². The highest BCUT2D eigenvalue weighted by atomic mass is 32.2. The van der Waals surface area contributed by atoms with Crippen LogP contribution in [0.1, 0.15) is 28.4 Å². The molecule has 0 unspecified atom stereocenters. The Morgan fingerprint density at radius 3 is 2.35 bits per heavy atom. The van der Waals surface area contributed by atoms with E-state index in [0.29, 0.717) is 22.7 Å². The number of ether oxygens (including phenoxy) is 1. The van der Waals surface area contributed by atoms with Gasteiger partial charge in [-0.3, -0.25) is 9.10 Å². The highest BCUT2D eigenvalue weighted by Crippen LogP contribution is 2.31. The predicted octanol–water partition coefficient (Wildman–Crippen LogP) is 4.78. The fourth-order valence-corrected chi connectivity index (χ4v) is 4.85. The topological polar surface area (TPSA) is 75.7 Å². The minimum atomic E-state index is -3.84. The summed E-state index contributed by atoms with van der Waals surface area (Å²) in [5, 5.41) is 2.81. The van der Waals surface area contributed by atoms with Gasteiger partial charge < -0.3 is 10.1 Å². The van der Waals surface area contributed by atoms with Gasteiger partial charge in [-0.25, -0.2) is 8.42 Å². The molecule has 6 nitrogen and oxygen atoms in total. The molecule has 1 N–H and O–H groups in total. The molecule has 1 amide bonds. The molecule has 3 aromatic rings. The van der Waals surface area contributed by atoms with Crippen molar-refractivity contribution in [1.82, 2.24) is 0 Å². The van der Waals surface area contributed by atoms with Crippen LogP contribution < -0.4 is 14.4 Å². The Hall–Kier alpha value is -3.32. The maximum atomic E-state index is 13.3. The maximum Gasteiger partial charge on any atom is 0.264 e. The molecule has 0 heterocycles. The number of sulfonamides is 1. The molecule has 0 aliphatic carbocycles. The Morgan fingerprint density at radius 2 is 1.71 bits per heavy atom. The number of anilines is 2. The molecule has 7 heteroatoms. The number of rotatable bonds is 7. The number of carbonyl (C=O) groups is 1. The summed E-state index contributed by atoms with van der Waals surface area (Å²) in [6.45, 7) is 5.85. The first-order chi connectivity index (χ1) is 14.8. The summed E-state index contributed by atoms with van der Waals surface area (Å²) in [5.41, 5.74) is 3.25. The van der Waals surface area contributed by atoms with Crippen molar-refractivity contribution in [1.29, 1.82) is 0 Å². The molecule has 3 rings (SSSR count). The van der Waals surface area contributed by atoms with E-state index >= 15 is 0 Å². The first-order valence-corrected chi connectivity index (χ1v) is 11.4. The molecule has 0 spiro atoms. The Balaban J connectivity index is 2.00. The fraction of sp³-hybridized carbons (Fsp3) is 0.208. The number of benzene rings is 3. The van der Waals surface area contributed by atoms with Gasteiger partial charge in [0.15, 0.2) is 0 Å². The van der Waals surface area contributed by atoms with Crippen LogP contribution in [0.15, 0.2) is 71.6 Å². The molecule has 3 aromatic carbocycles. The van der Waals surface area contributed by atoms with E-state index in [-0.39, 0.29) is 17.3 Å². The average Bonchev–Trinajstić information content (AvgIpc) is 2.76. The lowest BCUT2D eigenvalue weighted by atomic mass is 10.0. The lowest BCUT2D eigenvalue weighted by Gasteiger charge is -2.23. The Bertz CT molecular complexity index is 1190. The van der Waals surface area contributed by atoms with Crippen LogP contribution in [-0.2, 0) is 10.0 Å². The first kappa shape index (κ1) is 22.4. The van der Waals surface area contributed by atoms with E-state index < -0.39 is 10.0 Å². The monoisotopic (exact) mass is 438 g/mol. The number of carbonyl (C=O) groups excluding carboxylic acids is 1. The van der Waals surface area contributed by atoms with Gasteiger partial charge >= 0.3 is 0 Å². The summed E-state index contributed by atoms with van der Waals surface area (Å²) in [6, 6.07) is 18.8. The van der Waals surface area contributed by atoms with Crippen molar-refractivity contribution in [3.05, 3.63) is 83.4 Å². The second kappa shape index (κ2) is 9.22. The molecule has 0 aliphatic heterocycles.